The average Bonchev–Trinajstić information content (AvgIpc) is 3.25. The number of carbonyl (C=O) groups is 1. The first-order valence-electron chi connectivity index (χ1n) is 11.6. The maximum Gasteiger partial charge on any atom is 0.274 e. The molecular formula is C26H28N8O. The first-order chi connectivity index (χ1) is 17.0. The second-order valence-corrected chi connectivity index (χ2v) is 8.81. The molecule has 0 bridgehead atoms. The van der Waals surface area contributed by atoms with E-state index in [0.717, 1.165) is 48.7 Å². The topological polar surface area (TPSA) is 92.1 Å². The number of hydrogen-bond donors (Lipinski definition) is 1. The molecule has 1 N–H and O–H groups in total. The summed E-state index contributed by atoms with van der Waals surface area (Å²) in [5.74, 6) is -0.307. The minimum absolute atomic E-state index is 0.307. The Bertz CT molecular complexity index is 1330. The van der Waals surface area contributed by atoms with Crippen molar-refractivity contribution in [3.05, 3.63) is 72.4 Å². The van der Waals surface area contributed by atoms with Crippen LogP contribution in [0.2, 0.25) is 0 Å². The lowest BCUT2D eigenvalue weighted by Gasteiger charge is -2.33. The van der Waals surface area contributed by atoms with Crippen LogP contribution in [0, 0.1) is 6.92 Å². The molecule has 5 rings (SSSR count). The Hall–Kier alpha value is -4.11. The quantitative estimate of drug-likeness (QED) is 0.481. The molecule has 0 aliphatic carbocycles. The lowest BCUT2D eigenvalue weighted by Crippen LogP contribution is -2.44. The van der Waals surface area contributed by atoms with Crippen molar-refractivity contribution in [2.75, 3.05) is 43.4 Å². The number of hydrogen-bond acceptors (Lipinski definition) is 7. The van der Waals surface area contributed by atoms with Crippen LogP contribution < -0.4 is 10.2 Å². The van der Waals surface area contributed by atoms with E-state index in [-0.39, 0.29) is 5.91 Å². The largest absolute Gasteiger partial charge is 0.368 e. The number of aromatic nitrogens is 5. The van der Waals surface area contributed by atoms with Gasteiger partial charge in [-0.05, 0) is 49.9 Å². The molecule has 5 heterocycles. The SMILES string of the molecule is Cc1ccc(C(=O)Nc2cn(C)nc2-c2ccc(N3CCN(C)CC3)cn2)nc1-c1cccnc1. The van der Waals surface area contributed by atoms with E-state index in [2.05, 4.69) is 48.3 Å². The van der Waals surface area contributed by atoms with Gasteiger partial charge < -0.3 is 15.1 Å². The number of piperazine rings is 1. The van der Waals surface area contributed by atoms with E-state index in [9.17, 15) is 4.79 Å². The number of anilines is 2. The molecule has 1 aliphatic heterocycles. The van der Waals surface area contributed by atoms with Gasteiger partial charge in [0.25, 0.3) is 5.91 Å². The van der Waals surface area contributed by atoms with Gasteiger partial charge in [0.05, 0.1) is 29.0 Å². The number of pyridine rings is 3. The first kappa shape index (κ1) is 22.7. The summed E-state index contributed by atoms with van der Waals surface area (Å²) in [5, 5.41) is 7.52. The molecule has 35 heavy (non-hydrogen) atoms. The molecule has 9 heteroatoms. The Morgan fingerprint density at radius 1 is 0.971 bits per heavy atom. The minimum atomic E-state index is -0.307. The van der Waals surface area contributed by atoms with Crippen LogP contribution in [0.5, 0.6) is 0 Å². The van der Waals surface area contributed by atoms with Gasteiger partial charge in [0.15, 0.2) is 0 Å². The summed E-state index contributed by atoms with van der Waals surface area (Å²) in [5.41, 5.74) is 5.89. The van der Waals surface area contributed by atoms with E-state index >= 15 is 0 Å². The Morgan fingerprint density at radius 3 is 2.51 bits per heavy atom. The highest BCUT2D eigenvalue weighted by atomic mass is 16.1. The summed E-state index contributed by atoms with van der Waals surface area (Å²) in [6.07, 6.45) is 7.11. The number of nitrogens with one attached hydrogen (secondary N) is 1. The zero-order valence-corrected chi connectivity index (χ0v) is 20.1. The predicted molar refractivity (Wildman–Crippen MR) is 136 cm³/mol. The fourth-order valence-corrected chi connectivity index (χ4v) is 4.18. The molecule has 0 atom stereocenters. The van der Waals surface area contributed by atoms with E-state index in [0.29, 0.717) is 22.8 Å². The van der Waals surface area contributed by atoms with Crippen molar-refractivity contribution in [2.24, 2.45) is 7.05 Å². The van der Waals surface area contributed by atoms with Crippen LogP contribution >= 0.6 is 0 Å². The smallest absolute Gasteiger partial charge is 0.274 e. The molecule has 1 amide bonds. The third-order valence-electron chi connectivity index (χ3n) is 6.20. The molecule has 0 radical (unpaired) electrons. The number of amides is 1. The van der Waals surface area contributed by atoms with Gasteiger partial charge in [-0.25, -0.2) is 4.98 Å². The van der Waals surface area contributed by atoms with Crippen molar-refractivity contribution in [3.63, 3.8) is 0 Å². The lowest BCUT2D eigenvalue weighted by molar-refractivity contribution is 0.102. The number of carbonyl (C=O) groups excluding carboxylic acids is 1. The van der Waals surface area contributed by atoms with Crippen LogP contribution in [0.15, 0.2) is 61.2 Å². The third-order valence-corrected chi connectivity index (χ3v) is 6.20. The average molecular weight is 469 g/mol. The fourth-order valence-electron chi connectivity index (χ4n) is 4.18. The van der Waals surface area contributed by atoms with Crippen molar-refractivity contribution in [3.8, 4) is 22.6 Å². The summed E-state index contributed by atoms with van der Waals surface area (Å²) in [6, 6.07) is 11.4. The molecule has 0 spiro atoms. The van der Waals surface area contributed by atoms with Crippen LogP contribution in [0.3, 0.4) is 0 Å². The van der Waals surface area contributed by atoms with Gasteiger partial charge in [0.2, 0.25) is 0 Å². The Kier molecular flexibility index (Phi) is 6.24. The molecule has 0 unspecified atom stereocenters. The van der Waals surface area contributed by atoms with Crippen molar-refractivity contribution in [2.45, 2.75) is 6.92 Å². The molecule has 1 saturated heterocycles. The second kappa shape index (κ2) is 9.63. The molecule has 9 nitrogen and oxygen atoms in total. The first-order valence-corrected chi connectivity index (χ1v) is 11.6. The van der Waals surface area contributed by atoms with Gasteiger partial charge in [0.1, 0.15) is 11.4 Å². The summed E-state index contributed by atoms with van der Waals surface area (Å²) in [6.45, 7) is 6.00. The van der Waals surface area contributed by atoms with Gasteiger partial charge in [-0.2, -0.15) is 5.10 Å². The molecule has 4 aromatic rings. The Morgan fingerprint density at radius 2 is 1.80 bits per heavy atom. The predicted octanol–water partition coefficient (Wildman–Crippen LogP) is 3.25. The summed E-state index contributed by atoms with van der Waals surface area (Å²) < 4.78 is 1.67. The molecule has 1 fully saturated rings. The number of likely N-dealkylation sites (N-methyl/N-ethyl adjacent to an activating group) is 1. The van der Waals surface area contributed by atoms with Crippen LogP contribution in [-0.2, 0) is 7.05 Å². The second-order valence-electron chi connectivity index (χ2n) is 8.81. The number of aryl methyl sites for hydroxylation is 2. The van der Waals surface area contributed by atoms with E-state index in [1.807, 2.05) is 44.4 Å². The van der Waals surface area contributed by atoms with Gasteiger partial charge >= 0.3 is 0 Å². The van der Waals surface area contributed by atoms with E-state index in [1.54, 1.807) is 29.3 Å². The lowest BCUT2D eigenvalue weighted by atomic mass is 10.1. The van der Waals surface area contributed by atoms with E-state index in [1.165, 1.54) is 0 Å². The molecular weight excluding hydrogens is 440 g/mol. The normalized spacial score (nSPS) is 14.2. The van der Waals surface area contributed by atoms with Gasteiger partial charge in [-0.15, -0.1) is 0 Å². The van der Waals surface area contributed by atoms with Crippen molar-refractivity contribution < 1.29 is 4.79 Å². The highest BCUT2D eigenvalue weighted by Crippen LogP contribution is 2.27. The van der Waals surface area contributed by atoms with Gasteiger partial charge in [-0.1, -0.05) is 6.07 Å². The van der Waals surface area contributed by atoms with Crippen molar-refractivity contribution in [1.82, 2.24) is 29.6 Å². The Labute approximate surface area is 204 Å². The fraction of sp³-hybridized carbons (Fsp3) is 0.269. The standard InChI is InChI=1S/C26H28N8O/c1-18-6-8-22(29-24(18)19-5-4-10-27-15-19)26(35)30-23-17-33(3)31-25(23)21-9-7-20(16-28-21)34-13-11-32(2)12-14-34/h4-10,15-17H,11-14H2,1-3H3,(H,30,35). The highest BCUT2D eigenvalue weighted by Gasteiger charge is 2.19. The molecule has 178 valence electrons. The zero-order valence-electron chi connectivity index (χ0n) is 20.1. The zero-order chi connectivity index (χ0) is 24.4. The monoisotopic (exact) mass is 468 g/mol. The highest BCUT2D eigenvalue weighted by molar-refractivity contribution is 6.04. The van der Waals surface area contributed by atoms with Crippen molar-refractivity contribution in [1.29, 1.82) is 0 Å². The van der Waals surface area contributed by atoms with Crippen LogP contribution in [0.4, 0.5) is 11.4 Å². The Balaban J connectivity index is 1.37. The van der Waals surface area contributed by atoms with Crippen molar-refractivity contribution >= 4 is 17.3 Å². The molecule has 0 aromatic carbocycles. The van der Waals surface area contributed by atoms with Crippen LogP contribution in [0.25, 0.3) is 22.6 Å². The van der Waals surface area contributed by atoms with Crippen LogP contribution in [0.1, 0.15) is 16.1 Å². The van der Waals surface area contributed by atoms with E-state index < -0.39 is 0 Å². The third kappa shape index (κ3) is 4.90. The molecule has 4 aromatic heterocycles. The maximum atomic E-state index is 13.1. The minimum Gasteiger partial charge on any atom is -0.368 e. The summed E-state index contributed by atoms with van der Waals surface area (Å²) >= 11 is 0. The van der Waals surface area contributed by atoms with E-state index in [4.69, 9.17) is 0 Å². The van der Waals surface area contributed by atoms with Gasteiger partial charge in [0, 0.05) is 57.4 Å². The molecule has 0 saturated carbocycles. The van der Waals surface area contributed by atoms with Gasteiger partial charge in [-0.3, -0.25) is 19.4 Å². The van der Waals surface area contributed by atoms with Crippen LogP contribution in [-0.4, -0.2) is 68.8 Å². The molecule has 1 aliphatic rings. The summed E-state index contributed by atoms with van der Waals surface area (Å²) in [7, 11) is 3.96. The number of nitrogens with zero attached hydrogens (tertiary/aromatic N) is 7. The maximum absolute atomic E-state index is 13.1. The number of rotatable bonds is 5. The summed E-state index contributed by atoms with van der Waals surface area (Å²) in [4.78, 5) is 31.2.